The number of nitrogens with one attached hydrogen (secondary N) is 2. The van der Waals surface area contributed by atoms with Gasteiger partial charge in [0.05, 0.1) is 5.60 Å². The number of rotatable bonds is 7. The SMILES string of the molecule is CN=C(NCc1ccccc1CN1CCCCC1C)NCC(C)(C)OC. The smallest absolute Gasteiger partial charge is 0.191 e. The molecule has 1 heterocycles. The van der Waals surface area contributed by atoms with Crippen molar-refractivity contribution in [2.24, 2.45) is 4.99 Å². The van der Waals surface area contributed by atoms with E-state index in [1.165, 1.54) is 36.9 Å². The summed E-state index contributed by atoms with van der Waals surface area (Å²) >= 11 is 0. The molecule has 0 aliphatic carbocycles. The predicted molar refractivity (Wildman–Crippen MR) is 109 cm³/mol. The Bertz CT molecular complexity index is 585. The van der Waals surface area contributed by atoms with Crippen molar-refractivity contribution in [3.05, 3.63) is 35.4 Å². The van der Waals surface area contributed by atoms with Gasteiger partial charge in [0.2, 0.25) is 0 Å². The highest BCUT2D eigenvalue weighted by atomic mass is 16.5. The molecule has 1 unspecified atom stereocenters. The molecule has 1 saturated heterocycles. The third-order valence-electron chi connectivity index (χ3n) is 5.34. The minimum atomic E-state index is -0.222. The van der Waals surface area contributed by atoms with Crippen LogP contribution in [-0.4, -0.2) is 49.7 Å². The molecular weight excluding hydrogens is 324 g/mol. The first kappa shape index (κ1) is 20.7. The van der Waals surface area contributed by atoms with Crippen molar-refractivity contribution in [2.75, 3.05) is 27.2 Å². The minimum absolute atomic E-state index is 0.222. The molecule has 2 N–H and O–H groups in total. The van der Waals surface area contributed by atoms with E-state index in [4.69, 9.17) is 4.74 Å². The van der Waals surface area contributed by atoms with Gasteiger partial charge < -0.3 is 15.4 Å². The van der Waals surface area contributed by atoms with Crippen molar-refractivity contribution in [3.63, 3.8) is 0 Å². The van der Waals surface area contributed by atoms with Crippen molar-refractivity contribution in [1.82, 2.24) is 15.5 Å². The average Bonchev–Trinajstić information content (AvgIpc) is 2.65. The van der Waals surface area contributed by atoms with E-state index in [0.29, 0.717) is 12.6 Å². The second-order valence-corrected chi connectivity index (χ2v) is 7.83. The lowest BCUT2D eigenvalue weighted by atomic mass is 10.0. The zero-order valence-electron chi connectivity index (χ0n) is 17.1. The monoisotopic (exact) mass is 360 g/mol. The van der Waals surface area contributed by atoms with Crippen LogP contribution in [0.25, 0.3) is 0 Å². The molecular formula is C21H36N4O. The second kappa shape index (κ2) is 9.93. The molecule has 1 aliphatic rings. The van der Waals surface area contributed by atoms with Gasteiger partial charge in [0, 0.05) is 39.8 Å². The van der Waals surface area contributed by atoms with E-state index in [1.807, 2.05) is 0 Å². The number of hydrogen-bond donors (Lipinski definition) is 2. The van der Waals surface area contributed by atoms with Crippen LogP contribution in [0, 0.1) is 0 Å². The summed E-state index contributed by atoms with van der Waals surface area (Å²) in [7, 11) is 3.53. The Morgan fingerprint density at radius 3 is 2.62 bits per heavy atom. The quantitative estimate of drug-likeness (QED) is 0.579. The molecule has 1 aliphatic heterocycles. The number of benzene rings is 1. The molecule has 146 valence electrons. The lowest BCUT2D eigenvalue weighted by molar-refractivity contribution is 0.0268. The first-order valence-corrected chi connectivity index (χ1v) is 9.75. The molecule has 0 bridgehead atoms. The van der Waals surface area contributed by atoms with Crippen LogP contribution < -0.4 is 10.6 Å². The number of piperidine rings is 1. The van der Waals surface area contributed by atoms with E-state index in [-0.39, 0.29) is 5.60 Å². The standard InChI is InChI=1S/C21H36N4O/c1-17-10-8-9-13-25(17)15-19-12-7-6-11-18(19)14-23-20(22-4)24-16-21(2,3)26-5/h6-7,11-12,17H,8-10,13-16H2,1-5H3,(H2,22,23,24). The van der Waals surface area contributed by atoms with Crippen LogP contribution >= 0.6 is 0 Å². The summed E-state index contributed by atoms with van der Waals surface area (Å²) in [5, 5.41) is 6.78. The molecule has 0 aromatic heterocycles. The molecule has 5 nitrogen and oxygen atoms in total. The zero-order chi connectivity index (χ0) is 19.0. The molecule has 1 fully saturated rings. The number of likely N-dealkylation sites (tertiary alicyclic amines) is 1. The molecule has 26 heavy (non-hydrogen) atoms. The van der Waals surface area contributed by atoms with Gasteiger partial charge in [-0.3, -0.25) is 9.89 Å². The summed E-state index contributed by atoms with van der Waals surface area (Å²) in [6, 6.07) is 9.40. The van der Waals surface area contributed by atoms with Gasteiger partial charge in [-0.2, -0.15) is 0 Å². The molecule has 1 aromatic carbocycles. The number of guanidine groups is 1. The van der Waals surface area contributed by atoms with Gasteiger partial charge in [0.25, 0.3) is 0 Å². The van der Waals surface area contributed by atoms with Crippen LogP contribution in [0.2, 0.25) is 0 Å². The molecule has 1 atom stereocenters. The number of nitrogens with zero attached hydrogens (tertiary/aromatic N) is 2. The van der Waals surface area contributed by atoms with Crippen molar-refractivity contribution < 1.29 is 4.74 Å². The maximum absolute atomic E-state index is 5.46. The summed E-state index contributed by atoms with van der Waals surface area (Å²) in [5.41, 5.74) is 2.51. The molecule has 2 rings (SSSR count). The van der Waals surface area contributed by atoms with Crippen LogP contribution in [0.15, 0.2) is 29.3 Å². The molecule has 0 spiro atoms. The molecule has 0 saturated carbocycles. The van der Waals surface area contributed by atoms with E-state index in [0.717, 1.165) is 19.0 Å². The van der Waals surface area contributed by atoms with Gasteiger partial charge >= 0.3 is 0 Å². The Kier molecular flexibility index (Phi) is 7.91. The number of aliphatic imine (C=N–C) groups is 1. The van der Waals surface area contributed by atoms with Gasteiger partial charge in [-0.05, 0) is 51.3 Å². The average molecular weight is 361 g/mol. The van der Waals surface area contributed by atoms with E-state index in [1.54, 1.807) is 14.2 Å². The maximum Gasteiger partial charge on any atom is 0.191 e. The van der Waals surface area contributed by atoms with Crippen molar-refractivity contribution in [2.45, 2.75) is 64.8 Å². The van der Waals surface area contributed by atoms with Crippen molar-refractivity contribution >= 4 is 5.96 Å². The van der Waals surface area contributed by atoms with Gasteiger partial charge in [0.1, 0.15) is 0 Å². The first-order valence-electron chi connectivity index (χ1n) is 9.75. The third-order valence-corrected chi connectivity index (χ3v) is 5.34. The number of hydrogen-bond acceptors (Lipinski definition) is 3. The molecule has 0 radical (unpaired) electrons. The second-order valence-electron chi connectivity index (χ2n) is 7.83. The van der Waals surface area contributed by atoms with E-state index < -0.39 is 0 Å². The molecule has 5 heteroatoms. The highest BCUT2D eigenvalue weighted by Crippen LogP contribution is 2.20. The lowest BCUT2D eigenvalue weighted by Crippen LogP contribution is -2.45. The summed E-state index contributed by atoms with van der Waals surface area (Å²) in [4.78, 5) is 6.93. The van der Waals surface area contributed by atoms with E-state index >= 15 is 0 Å². The summed E-state index contributed by atoms with van der Waals surface area (Å²) < 4.78 is 5.46. The Morgan fingerprint density at radius 1 is 1.23 bits per heavy atom. The zero-order valence-corrected chi connectivity index (χ0v) is 17.1. The summed E-state index contributed by atoms with van der Waals surface area (Å²) in [6.07, 6.45) is 3.99. The first-order chi connectivity index (χ1) is 12.4. The van der Waals surface area contributed by atoms with Crippen LogP contribution in [0.3, 0.4) is 0 Å². The fourth-order valence-corrected chi connectivity index (χ4v) is 3.26. The predicted octanol–water partition coefficient (Wildman–Crippen LogP) is 3.15. The summed E-state index contributed by atoms with van der Waals surface area (Å²) in [6.45, 7) is 10.2. The van der Waals surface area contributed by atoms with Gasteiger partial charge in [0.15, 0.2) is 5.96 Å². The topological polar surface area (TPSA) is 48.9 Å². The third kappa shape index (κ3) is 6.29. The van der Waals surface area contributed by atoms with Crippen LogP contribution in [0.1, 0.15) is 51.2 Å². The highest BCUT2D eigenvalue weighted by Gasteiger charge is 2.19. The molecule has 0 amide bonds. The Morgan fingerprint density at radius 2 is 1.96 bits per heavy atom. The van der Waals surface area contributed by atoms with Crippen LogP contribution in [-0.2, 0) is 17.8 Å². The fraction of sp³-hybridized carbons (Fsp3) is 0.667. The van der Waals surface area contributed by atoms with Crippen LogP contribution in [0.4, 0.5) is 0 Å². The fourth-order valence-electron chi connectivity index (χ4n) is 3.26. The van der Waals surface area contributed by atoms with Crippen LogP contribution in [0.5, 0.6) is 0 Å². The van der Waals surface area contributed by atoms with Gasteiger partial charge in [-0.1, -0.05) is 30.7 Å². The van der Waals surface area contributed by atoms with Crippen molar-refractivity contribution in [1.29, 1.82) is 0 Å². The normalized spacial score (nSPS) is 19.4. The van der Waals surface area contributed by atoms with E-state index in [2.05, 4.69) is 65.6 Å². The summed E-state index contributed by atoms with van der Waals surface area (Å²) in [5.74, 6) is 0.802. The van der Waals surface area contributed by atoms with E-state index in [9.17, 15) is 0 Å². The molecule has 1 aromatic rings. The Balaban J connectivity index is 1.94. The lowest BCUT2D eigenvalue weighted by Gasteiger charge is -2.33. The minimum Gasteiger partial charge on any atom is -0.377 e. The largest absolute Gasteiger partial charge is 0.377 e. The van der Waals surface area contributed by atoms with Crippen molar-refractivity contribution in [3.8, 4) is 0 Å². The Hall–Kier alpha value is -1.59. The van der Waals surface area contributed by atoms with Gasteiger partial charge in [-0.15, -0.1) is 0 Å². The Labute approximate surface area is 159 Å². The highest BCUT2D eigenvalue weighted by molar-refractivity contribution is 5.79. The number of ether oxygens (including phenoxy) is 1. The number of methoxy groups -OCH3 is 1. The maximum atomic E-state index is 5.46. The van der Waals surface area contributed by atoms with Gasteiger partial charge in [-0.25, -0.2) is 0 Å².